The molecule has 114 valence electrons. The van der Waals surface area contributed by atoms with Gasteiger partial charge in [0, 0.05) is 34.9 Å². The number of hydrogen-bond acceptors (Lipinski definition) is 4. The van der Waals surface area contributed by atoms with Crippen molar-refractivity contribution < 1.29 is 17.0 Å². The molecule has 1 saturated heterocycles. The quantitative estimate of drug-likeness (QED) is 0.817. The molecule has 0 amide bonds. The fraction of sp³-hybridized carbons (Fsp3) is 0.462. The standard InChI is InChI=1S/C13H15FN2O3S2/c1-10-4-6-20(17)7-5-16(10)21(18,19)12-2-3-13(14)11(8-12)9-15/h2-3,8,10H,4-7H2,1H3/t10-,20+/m0/s1. The molecule has 8 heteroatoms. The molecular weight excluding hydrogens is 315 g/mol. The highest BCUT2D eigenvalue weighted by Crippen LogP contribution is 2.23. The lowest BCUT2D eigenvalue weighted by Crippen LogP contribution is -2.39. The predicted octanol–water partition coefficient (Wildman–Crippen LogP) is 1.23. The Bertz CT molecular complexity index is 713. The molecule has 1 aromatic carbocycles. The molecule has 1 aromatic rings. The molecule has 1 aliphatic rings. The topological polar surface area (TPSA) is 78.2 Å². The van der Waals surface area contributed by atoms with Crippen LogP contribution in [0.3, 0.4) is 0 Å². The lowest BCUT2D eigenvalue weighted by Gasteiger charge is -2.25. The van der Waals surface area contributed by atoms with E-state index in [1.54, 1.807) is 13.0 Å². The highest BCUT2D eigenvalue weighted by atomic mass is 32.2. The van der Waals surface area contributed by atoms with Crippen molar-refractivity contribution >= 4 is 20.8 Å². The van der Waals surface area contributed by atoms with E-state index in [2.05, 4.69) is 0 Å². The van der Waals surface area contributed by atoms with Gasteiger partial charge in [-0.3, -0.25) is 4.21 Å². The van der Waals surface area contributed by atoms with Gasteiger partial charge in [-0.2, -0.15) is 9.57 Å². The van der Waals surface area contributed by atoms with E-state index in [1.165, 1.54) is 4.31 Å². The van der Waals surface area contributed by atoms with Crippen LogP contribution in [0.4, 0.5) is 4.39 Å². The molecule has 5 nitrogen and oxygen atoms in total. The molecule has 1 fully saturated rings. The molecular formula is C13H15FN2O3S2. The summed E-state index contributed by atoms with van der Waals surface area (Å²) in [6, 6.07) is 4.53. The van der Waals surface area contributed by atoms with Gasteiger partial charge in [0.05, 0.1) is 10.5 Å². The summed E-state index contributed by atoms with van der Waals surface area (Å²) in [7, 11) is -4.84. The van der Waals surface area contributed by atoms with Crippen LogP contribution in [0, 0.1) is 17.1 Å². The van der Waals surface area contributed by atoms with Gasteiger partial charge in [-0.1, -0.05) is 0 Å². The van der Waals surface area contributed by atoms with Crippen molar-refractivity contribution in [3.63, 3.8) is 0 Å². The second-order valence-electron chi connectivity index (χ2n) is 4.85. The smallest absolute Gasteiger partial charge is 0.243 e. The highest BCUT2D eigenvalue weighted by molar-refractivity contribution is 7.89. The normalized spacial score (nSPS) is 24.2. The Hall–Kier alpha value is -1.30. The first-order chi connectivity index (χ1) is 9.86. The van der Waals surface area contributed by atoms with Crippen molar-refractivity contribution in [3.05, 3.63) is 29.6 Å². The van der Waals surface area contributed by atoms with Crippen LogP contribution in [0.5, 0.6) is 0 Å². The summed E-state index contributed by atoms with van der Waals surface area (Å²) in [4.78, 5) is -0.111. The first-order valence-electron chi connectivity index (χ1n) is 6.42. The van der Waals surface area contributed by atoms with Crippen LogP contribution in [0.25, 0.3) is 0 Å². The number of halogens is 1. The van der Waals surface area contributed by atoms with Crippen molar-refractivity contribution in [1.29, 1.82) is 5.26 Å². The van der Waals surface area contributed by atoms with Gasteiger partial charge in [0.2, 0.25) is 10.0 Å². The maximum Gasteiger partial charge on any atom is 0.243 e. The zero-order valence-corrected chi connectivity index (χ0v) is 13.1. The van der Waals surface area contributed by atoms with E-state index in [9.17, 15) is 17.0 Å². The minimum atomic E-state index is -3.83. The molecule has 0 radical (unpaired) electrons. The molecule has 0 aliphatic carbocycles. The number of rotatable bonds is 2. The van der Waals surface area contributed by atoms with Crippen LogP contribution in [0.15, 0.2) is 23.1 Å². The van der Waals surface area contributed by atoms with Crippen molar-refractivity contribution in [2.24, 2.45) is 0 Å². The average molecular weight is 330 g/mol. The summed E-state index contributed by atoms with van der Waals surface area (Å²) < 4.78 is 51.4. The van der Waals surface area contributed by atoms with Gasteiger partial charge in [-0.05, 0) is 31.5 Å². The summed E-state index contributed by atoms with van der Waals surface area (Å²) in [5.41, 5.74) is -0.304. The van der Waals surface area contributed by atoms with Crippen LogP contribution in [0.2, 0.25) is 0 Å². The van der Waals surface area contributed by atoms with Gasteiger partial charge in [0.25, 0.3) is 0 Å². The van der Waals surface area contributed by atoms with E-state index in [1.807, 2.05) is 0 Å². The predicted molar refractivity (Wildman–Crippen MR) is 77.0 cm³/mol. The number of sulfonamides is 1. The summed E-state index contributed by atoms with van der Waals surface area (Å²) in [5, 5.41) is 8.81. The van der Waals surface area contributed by atoms with Gasteiger partial charge in [0.1, 0.15) is 11.9 Å². The summed E-state index contributed by atoms with van der Waals surface area (Å²) >= 11 is 0. The number of nitrogens with zero attached hydrogens (tertiary/aromatic N) is 2. The molecule has 1 heterocycles. The number of hydrogen-bond donors (Lipinski definition) is 0. The maximum atomic E-state index is 13.3. The molecule has 0 aromatic heterocycles. The minimum Gasteiger partial charge on any atom is -0.260 e. The lowest BCUT2D eigenvalue weighted by molar-refractivity contribution is 0.350. The molecule has 2 atom stereocenters. The van der Waals surface area contributed by atoms with Crippen LogP contribution in [0.1, 0.15) is 18.9 Å². The Kier molecular flexibility index (Phi) is 4.76. The second-order valence-corrected chi connectivity index (χ2v) is 8.44. The second kappa shape index (κ2) is 6.22. The van der Waals surface area contributed by atoms with E-state index in [4.69, 9.17) is 5.26 Å². The van der Waals surface area contributed by atoms with Crippen molar-refractivity contribution in [1.82, 2.24) is 4.31 Å². The largest absolute Gasteiger partial charge is 0.260 e. The molecule has 1 aliphatic heterocycles. The Morgan fingerprint density at radius 3 is 2.81 bits per heavy atom. The van der Waals surface area contributed by atoms with Crippen LogP contribution in [-0.4, -0.2) is 41.0 Å². The van der Waals surface area contributed by atoms with E-state index < -0.39 is 26.6 Å². The highest BCUT2D eigenvalue weighted by Gasteiger charge is 2.31. The molecule has 0 spiro atoms. The van der Waals surface area contributed by atoms with Crippen LogP contribution >= 0.6 is 0 Å². The first kappa shape index (κ1) is 16.1. The van der Waals surface area contributed by atoms with Crippen LogP contribution < -0.4 is 0 Å². The van der Waals surface area contributed by atoms with Gasteiger partial charge in [0.15, 0.2) is 0 Å². The third-order valence-corrected chi connectivity index (χ3v) is 6.80. The Balaban J connectivity index is 2.41. The molecule has 0 saturated carbocycles. The van der Waals surface area contributed by atoms with E-state index in [0.29, 0.717) is 12.2 Å². The maximum absolute atomic E-state index is 13.3. The van der Waals surface area contributed by atoms with Crippen molar-refractivity contribution in [2.75, 3.05) is 18.1 Å². The zero-order chi connectivity index (χ0) is 15.6. The van der Waals surface area contributed by atoms with Gasteiger partial charge in [-0.25, -0.2) is 12.8 Å². The third-order valence-electron chi connectivity index (χ3n) is 3.46. The van der Waals surface area contributed by atoms with E-state index in [0.717, 1.165) is 18.2 Å². The summed E-state index contributed by atoms with van der Waals surface area (Å²) in [6.07, 6.45) is 0.512. The number of benzene rings is 1. The number of nitriles is 1. The van der Waals surface area contributed by atoms with Crippen molar-refractivity contribution in [3.8, 4) is 6.07 Å². The monoisotopic (exact) mass is 330 g/mol. The fourth-order valence-corrected chi connectivity index (χ4v) is 5.22. The average Bonchev–Trinajstić information content (AvgIpc) is 2.61. The molecule has 0 unspecified atom stereocenters. The minimum absolute atomic E-state index is 0.111. The Labute approximate surface area is 125 Å². The fourth-order valence-electron chi connectivity index (χ4n) is 2.20. The van der Waals surface area contributed by atoms with E-state index >= 15 is 0 Å². The summed E-state index contributed by atoms with van der Waals surface area (Å²) in [6.45, 7) is 1.92. The lowest BCUT2D eigenvalue weighted by atomic mass is 10.2. The summed E-state index contributed by atoms with van der Waals surface area (Å²) in [5.74, 6) is 0.0112. The van der Waals surface area contributed by atoms with E-state index in [-0.39, 0.29) is 28.8 Å². The SMILES string of the molecule is C[C@H]1CC[S@@](=O)CCN1S(=O)(=O)c1ccc(F)c(C#N)c1. The van der Waals surface area contributed by atoms with Gasteiger partial charge >= 0.3 is 0 Å². The third kappa shape index (κ3) is 3.31. The Morgan fingerprint density at radius 1 is 1.43 bits per heavy atom. The molecule has 0 N–H and O–H groups in total. The molecule has 21 heavy (non-hydrogen) atoms. The molecule has 2 rings (SSSR count). The van der Waals surface area contributed by atoms with Gasteiger partial charge < -0.3 is 0 Å². The van der Waals surface area contributed by atoms with Crippen molar-refractivity contribution in [2.45, 2.75) is 24.3 Å². The van der Waals surface area contributed by atoms with Crippen LogP contribution in [-0.2, 0) is 20.8 Å². The van der Waals surface area contributed by atoms with Gasteiger partial charge in [-0.15, -0.1) is 0 Å². The Morgan fingerprint density at radius 2 is 2.14 bits per heavy atom. The molecule has 0 bridgehead atoms. The zero-order valence-electron chi connectivity index (χ0n) is 11.5. The first-order valence-corrected chi connectivity index (χ1v) is 9.35.